The van der Waals surface area contributed by atoms with Crippen molar-refractivity contribution in [2.75, 3.05) is 13.2 Å². The van der Waals surface area contributed by atoms with Gasteiger partial charge in [0.1, 0.15) is 24.4 Å². The highest BCUT2D eigenvalue weighted by molar-refractivity contribution is 5.76. The van der Waals surface area contributed by atoms with Crippen LogP contribution in [-0.4, -0.2) is 87.5 Å². The van der Waals surface area contributed by atoms with Crippen molar-refractivity contribution in [3.05, 3.63) is 48.6 Å². The average Bonchev–Trinajstić information content (AvgIpc) is 3.16. The highest BCUT2D eigenvalue weighted by Crippen LogP contribution is 2.22. The van der Waals surface area contributed by atoms with Crippen LogP contribution in [-0.2, 0) is 14.3 Å². The summed E-state index contributed by atoms with van der Waals surface area (Å²) in [6, 6.07) is -0.826. The maximum absolute atomic E-state index is 12.9. The highest BCUT2D eigenvalue weighted by Gasteiger charge is 2.44. The quantitative estimate of drug-likeness (QED) is 0.0285. The van der Waals surface area contributed by atoms with Crippen molar-refractivity contribution < 1.29 is 39.8 Å². The number of hydrogen-bond donors (Lipinski definition) is 6. The molecule has 6 N–H and O–H groups in total. The van der Waals surface area contributed by atoms with Gasteiger partial charge in [-0.25, -0.2) is 0 Å². The van der Waals surface area contributed by atoms with E-state index in [4.69, 9.17) is 9.47 Å². The van der Waals surface area contributed by atoms with Gasteiger partial charge in [-0.15, -0.1) is 0 Å². The van der Waals surface area contributed by atoms with Crippen LogP contribution in [0.5, 0.6) is 0 Å². The molecule has 1 aliphatic rings. The Morgan fingerprint density at radius 3 is 1.66 bits per heavy atom. The normalized spacial score (nSPS) is 22.1. The molecule has 308 valence electrons. The van der Waals surface area contributed by atoms with Crippen LogP contribution >= 0.6 is 0 Å². The number of unbranched alkanes of at least 4 members (excludes halogenated alkanes) is 18. The minimum absolute atomic E-state index is 0.197. The number of nitrogens with one attached hydrogen (secondary N) is 1. The molecule has 1 saturated heterocycles. The molecule has 7 unspecified atom stereocenters. The second kappa shape index (κ2) is 34.6. The van der Waals surface area contributed by atoms with Crippen molar-refractivity contribution in [2.24, 2.45) is 0 Å². The van der Waals surface area contributed by atoms with E-state index in [1.807, 2.05) is 6.08 Å². The van der Waals surface area contributed by atoms with E-state index in [1.54, 1.807) is 6.08 Å². The lowest BCUT2D eigenvalue weighted by atomic mass is 9.99. The smallest absolute Gasteiger partial charge is 0.220 e. The second-order valence-electron chi connectivity index (χ2n) is 14.8. The first kappa shape index (κ1) is 49.2. The molecule has 9 nitrogen and oxygen atoms in total. The molecule has 1 rings (SSSR count). The van der Waals surface area contributed by atoms with Crippen molar-refractivity contribution >= 4 is 5.91 Å². The minimum Gasteiger partial charge on any atom is -0.394 e. The Bertz CT molecular complexity index is 967. The van der Waals surface area contributed by atoms with Crippen molar-refractivity contribution in [3.63, 3.8) is 0 Å². The first-order valence-corrected chi connectivity index (χ1v) is 21.4. The summed E-state index contributed by atoms with van der Waals surface area (Å²) in [5, 5.41) is 53.9. The van der Waals surface area contributed by atoms with E-state index in [0.717, 1.165) is 57.8 Å². The molecule has 53 heavy (non-hydrogen) atoms. The summed E-state index contributed by atoms with van der Waals surface area (Å²) in [5.41, 5.74) is 0. The van der Waals surface area contributed by atoms with Crippen LogP contribution in [0.1, 0.15) is 168 Å². The molecule has 1 heterocycles. The van der Waals surface area contributed by atoms with Crippen LogP contribution in [0.3, 0.4) is 0 Å². The number of amides is 1. The van der Waals surface area contributed by atoms with E-state index in [-0.39, 0.29) is 12.5 Å². The van der Waals surface area contributed by atoms with Gasteiger partial charge in [0.05, 0.1) is 25.4 Å². The van der Waals surface area contributed by atoms with E-state index in [2.05, 4.69) is 55.6 Å². The Morgan fingerprint density at radius 2 is 1.11 bits per heavy atom. The van der Waals surface area contributed by atoms with E-state index in [9.17, 15) is 30.3 Å². The average molecular weight is 750 g/mol. The van der Waals surface area contributed by atoms with Crippen molar-refractivity contribution in [3.8, 4) is 0 Å². The topological polar surface area (TPSA) is 149 Å². The molecule has 0 aromatic rings. The molecule has 1 fully saturated rings. The molecule has 0 saturated carbocycles. The van der Waals surface area contributed by atoms with Gasteiger partial charge in [-0.2, -0.15) is 0 Å². The fraction of sp³-hybridized carbons (Fsp3) is 0.795. The van der Waals surface area contributed by atoms with Crippen molar-refractivity contribution in [1.29, 1.82) is 0 Å². The summed E-state index contributed by atoms with van der Waals surface area (Å²) in [7, 11) is 0. The van der Waals surface area contributed by atoms with Gasteiger partial charge in [0.2, 0.25) is 5.91 Å². The third-order valence-corrected chi connectivity index (χ3v) is 9.83. The molecule has 7 atom stereocenters. The summed E-state index contributed by atoms with van der Waals surface area (Å²) in [6.45, 7) is 3.65. The Hall–Kier alpha value is -1.85. The largest absolute Gasteiger partial charge is 0.394 e. The Kier molecular flexibility index (Phi) is 32.1. The zero-order valence-corrected chi connectivity index (χ0v) is 33.5. The SMILES string of the molecule is CCC/C=C/CC/C=C/CC/C=C/C(O)C(COC1OC(CO)C(O)C(O)C1O)NC(=O)CCCCCCCCCCC/C=C\CCCCCCCC. The van der Waals surface area contributed by atoms with Gasteiger partial charge >= 0.3 is 0 Å². The third-order valence-electron chi connectivity index (χ3n) is 9.83. The number of aliphatic hydroxyl groups excluding tert-OH is 5. The van der Waals surface area contributed by atoms with Gasteiger partial charge < -0.3 is 40.3 Å². The second-order valence-corrected chi connectivity index (χ2v) is 14.8. The van der Waals surface area contributed by atoms with Crippen molar-refractivity contribution in [1.82, 2.24) is 5.32 Å². The maximum Gasteiger partial charge on any atom is 0.220 e. The summed E-state index contributed by atoms with van der Waals surface area (Å²) >= 11 is 0. The van der Waals surface area contributed by atoms with Crippen LogP contribution in [0.2, 0.25) is 0 Å². The van der Waals surface area contributed by atoms with E-state index < -0.39 is 49.5 Å². The van der Waals surface area contributed by atoms with Gasteiger partial charge in [-0.1, -0.05) is 146 Å². The monoisotopic (exact) mass is 750 g/mol. The summed E-state index contributed by atoms with van der Waals surface area (Å²) < 4.78 is 11.2. The molecule has 0 bridgehead atoms. The third kappa shape index (κ3) is 25.8. The van der Waals surface area contributed by atoms with Crippen LogP contribution in [0.15, 0.2) is 48.6 Å². The lowest BCUT2D eigenvalue weighted by Crippen LogP contribution is -2.60. The number of carbonyl (C=O) groups excluding carboxylic acids is 1. The number of hydrogen-bond acceptors (Lipinski definition) is 8. The van der Waals surface area contributed by atoms with Gasteiger partial charge in [0, 0.05) is 6.42 Å². The lowest BCUT2D eigenvalue weighted by Gasteiger charge is -2.40. The van der Waals surface area contributed by atoms with Gasteiger partial charge in [-0.3, -0.25) is 4.79 Å². The van der Waals surface area contributed by atoms with Gasteiger partial charge in [-0.05, 0) is 64.2 Å². The van der Waals surface area contributed by atoms with Gasteiger partial charge in [0.25, 0.3) is 0 Å². The number of rotatable bonds is 34. The number of allylic oxidation sites excluding steroid dienone is 7. The predicted molar refractivity (Wildman–Crippen MR) is 216 cm³/mol. The summed E-state index contributed by atoms with van der Waals surface area (Å²) in [6.07, 6.45) is 35.9. The molecule has 9 heteroatoms. The molecule has 1 amide bonds. The summed E-state index contributed by atoms with van der Waals surface area (Å²) in [5.74, 6) is -0.197. The molecule has 0 aliphatic carbocycles. The molecule has 0 spiro atoms. The number of ether oxygens (including phenoxy) is 2. The zero-order chi connectivity index (χ0) is 38.8. The molecular formula is C44H79NO8. The van der Waals surface area contributed by atoms with Crippen molar-refractivity contribution in [2.45, 2.75) is 211 Å². The Labute approximate surface area is 323 Å². The Balaban J connectivity index is 2.37. The predicted octanol–water partition coefficient (Wildman–Crippen LogP) is 8.28. The van der Waals surface area contributed by atoms with Crippen LogP contribution in [0.25, 0.3) is 0 Å². The standard InChI is InChI=1S/C44H79NO8/c1-3-5-7-9-11-13-15-16-17-18-19-20-21-22-24-26-28-30-32-34-40(48)45-37(36-52-44-43(51)42(50)41(49)39(35-46)53-44)38(47)33-31-29-27-25-23-14-12-10-8-6-4-2/h8,10,16-17,23,25,31,33,37-39,41-44,46-47,49-51H,3-7,9,11-15,18-22,24,26-30,32,34-36H2,1-2H3,(H,45,48)/b10-8+,17-16-,25-23+,33-31+. The first-order valence-electron chi connectivity index (χ1n) is 21.4. The van der Waals surface area contributed by atoms with Crippen LogP contribution < -0.4 is 5.32 Å². The first-order chi connectivity index (χ1) is 25.8. The van der Waals surface area contributed by atoms with E-state index in [0.29, 0.717) is 6.42 Å². The Morgan fingerprint density at radius 1 is 0.623 bits per heavy atom. The number of carbonyl (C=O) groups is 1. The summed E-state index contributed by atoms with van der Waals surface area (Å²) in [4.78, 5) is 12.9. The van der Waals surface area contributed by atoms with E-state index in [1.165, 1.54) is 89.9 Å². The molecule has 0 radical (unpaired) electrons. The maximum atomic E-state index is 12.9. The molecular weight excluding hydrogens is 670 g/mol. The molecule has 0 aromatic carbocycles. The van der Waals surface area contributed by atoms with Crippen LogP contribution in [0.4, 0.5) is 0 Å². The van der Waals surface area contributed by atoms with Crippen LogP contribution in [0, 0.1) is 0 Å². The minimum atomic E-state index is -1.57. The van der Waals surface area contributed by atoms with E-state index >= 15 is 0 Å². The van der Waals surface area contributed by atoms with Gasteiger partial charge in [0.15, 0.2) is 6.29 Å². The molecule has 1 aliphatic heterocycles. The molecule has 0 aromatic heterocycles. The lowest BCUT2D eigenvalue weighted by molar-refractivity contribution is -0.302. The fourth-order valence-electron chi connectivity index (χ4n) is 6.36. The zero-order valence-electron chi connectivity index (χ0n) is 33.5. The fourth-order valence-corrected chi connectivity index (χ4v) is 6.36. The highest BCUT2D eigenvalue weighted by atomic mass is 16.7. The number of aliphatic hydroxyl groups is 5.